The molecule has 5 nitrogen and oxygen atoms in total. The number of carbonyl (C=O) groups is 1. The Kier molecular flexibility index (Phi) is 3.97. The predicted molar refractivity (Wildman–Crippen MR) is 75.3 cm³/mol. The molecule has 0 atom stereocenters. The van der Waals surface area contributed by atoms with Crippen LogP contribution < -0.4 is 16.4 Å². The highest BCUT2D eigenvalue weighted by atomic mass is 16.1. The zero-order valence-electron chi connectivity index (χ0n) is 10.5. The van der Waals surface area contributed by atoms with Gasteiger partial charge in [-0.3, -0.25) is 4.79 Å². The number of hydrogen-bond donors (Lipinski definition) is 2. The lowest BCUT2D eigenvalue weighted by Crippen LogP contribution is -2.34. The molecule has 98 valence electrons. The largest absolute Gasteiger partial charge is 0.398 e. The molecule has 0 aliphatic rings. The topological polar surface area (TPSA) is 85.2 Å². The predicted octanol–water partition coefficient (Wildman–Crippen LogP) is 1.16. The van der Waals surface area contributed by atoms with Crippen molar-refractivity contribution in [1.29, 1.82) is 0 Å². The molecule has 0 bridgehead atoms. The number of nitrogen functional groups attached to an aromatic ring is 1. The van der Waals surface area contributed by atoms with E-state index in [1.807, 2.05) is 42.5 Å². The molecular weight excluding hydrogens is 240 g/mol. The van der Waals surface area contributed by atoms with Crippen molar-refractivity contribution in [2.75, 3.05) is 17.2 Å². The van der Waals surface area contributed by atoms with Crippen LogP contribution in [0.25, 0.3) is 0 Å². The van der Waals surface area contributed by atoms with Crippen molar-refractivity contribution in [3.8, 4) is 0 Å². The first-order valence-corrected chi connectivity index (χ1v) is 5.94. The minimum absolute atomic E-state index is 0.103. The van der Waals surface area contributed by atoms with Gasteiger partial charge in [0.2, 0.25) is 5.91 Å². The Morgan fingerprint density at radius 3 is 2.53 bits per heavy atom. The lowest BCUT2D eigenvalue weighted by Gasteiger charge is -2.22. The molecule has 0 fully saturated rings. The number of pyridine rings is 1. The van der Waals surface area contributed by atoms with E-state index in [-0.39, 0.29) is 6.54 Å². The lowest BCUT2D eigenvalue weighted by atomic mass is 10.1. The Bertz CT molecular complexity index is 556. The van der Waals surface area contributed by atoms with Crippen LogP contribution in [0.3, 0.4) is 0 Å². The molecule has 0 aliphatic carbocycles. The molecule has 0 saturated carbocycles. The molecule has 2 rings (SSSR count). The number of nitrogens with two attached hydrogens (primary N) is 2. The maximum Gasteiger partial charge on any atom is 0.237 e. The second-order valence-electron chi connectivity index (χ2n) is 4.21. The summed E-state index contributed by atoms with van der Waals surface area (Å²) in [6, 6.07) is 13.1. The van der Waals surface area contributed by atoms with Gasteiger partial charge in [0.1, 0.15) is 5.82 Å². The third-order valence-electron chi connectivity index (χ3n) is 2.74. The quantitative estimate of drug-likeness (QED) is 0.786. The van der Waals surface area contributed by atoms with Gasteiger partial charge in [0.15, 0.2) is 0 Å². The van der Waals surface area contributed by atoms with E-state index in [0.29, 0.717) is 18.1 Å². The summed E-state index contributed by atoms with van der Waals surface area (Å²) in [4.78, 5) is 17.2. The summed E-state index contributed by atoms with van der Waals surface area (Å²) >= 11 is 0. The van der Waals surface area contributed by atoms with Crippen LogP contribution in [0.15, 0.2) is 48.7 Å². The average molecular weight is 256 g/mol. The molecule has 1 heterocycles. The Morgan fingerprint density at radius 1 is 1.16 bits per heavy atom. The third kappa shape index (κ3) is 3.45. The average Bonchev–Trinajstić information content (AvgIpc) is 2.41. The number of rotatable bonds is 5. The second-order valence-corrected chi connectivity index (χ2v) is 4.21. The number of amides is 1. The van der Waals surface area contributed by atoms with E-state index in [4.69, 9.17) is 11.5 Å². The van der Waals surface area contributed by atoms with Gasteiger partial charge < -0.3 is 16.4 Å². The number of nitrogens with zero attached hydrogens (tertiary/aromatic N) is 2. The van der Waals surface area contributed by atoms with Gasteiger partial charge in [-0.15, -0.1) is 0 Å². The van der Waals surface area contributed by atoms with Crippen LogP contribution in [0.1, 0.15) is 5.56 Å². The van der Waals surface area contributed by atoms with Gasteiger partial charge in [0.05, 0.1) is 6.54 Å². The Balaban J connectivity index is 2.24. The van der Waals surface area contributed by atoms with Crippen LogP contribution in [-0.2, 0) is 11.3 Å². The van der Waals surface area contributed by atoms with Crippen LogP contribution in [0, 0.1) is 0 Å². The van der Waals surface area contributed by atoms with Crippen molar-refractivity contribution in [2.24, 2.45) is 5.73 Å². The molecule has 0 unspecified atom stereocenters. The lowest BCUT2D eigenvalue weighted by molar-refractivity contribution is -0.116. The number of carbonyl (C=O) groups excluding carboxylic acids is 1. The fraction of sp³-hybridized carbons (Fsp3) is 0.143. The van der Waals surface area contributed by atoms with Crippen LogP contribution in [0.2, 0.25) is 0 Å². The first-order chi connectivity index (χ1) is 9.16. The smallest absolute Gasteiger partial charge is 0.237 e. The molecule has 1 aromatic carbocycles. The summed E-state index contributed by atoms with van der Waals surface area (Å²) in [5, 5.41) is 0. The van der Waals surface area contributed by atoms with Gasteiger partial charge in [0.25, 0.3) is 0 Å². The van der Waals surface area contributed by atoms with Crippen LogP contribution >= 0.6 is 0 Å². The standard InChI is InChI=1S/C14H16N4O/c15-12-6-2-1-5-11(12)9-18(10-13(16)19)14-7-3-4-8-17-14/h1-8H,9-10,15H2,(H2,16,19). The molecule has 1 amide bonds. The minimum atomic E-state index is -0.403. The zero-order valence-corrected chi connectivity index (χ0v) is 10.5. The van der Waals surface area contributed by atoms with E-state index in [0.717, 1.165) is 5.56 Å². The van der Waals surface area contributed by atoms with Crippen molar-refractivity contribution < 1.29 is 4.79 Å². The number of aromatic nitrogens is 1. The van der Waals surface area contributed by atoms with E-state index in [1.165, 1.54) is 0 Å². The number of primary amides is 1. The summed E-state index contributed by atoms with van der Waals surface area (Å²) in [7, 11) is 0. The molecule has 0 saturated heterocycles. The van der Waals surface area contributed by atoms with Crippen molar-refractivity contribution >= 4 is 17.4 Å². The molecular formula is C14H16N4O. The van der Waals surface area contributed by atoms with Gasteiger partial charge in [0, 0.05) is 18.4 Å². The second kappa shape index (κ2) is 5.86. The van der Waals surface area contributed by atoms with E-state index in [1.54, 1.807) is 11.1 Å². The van der Waals surface area contributed by atoms with Gasteiger partial charge in [-0.2, -0.15) is 0 Å². The highest BCUT2D eigenvalue weighted by Gasteiger charge is 2.12. The fourth-order valence-electron chi connectivity index (χ4n) is 1.83. The van der Waals surface area contributed by atoms with Gasteiger partial charge in [-0.1, -0.05) is 24.3 Å². The van der Waals surface area contributed by atoms with Crippen molar-refractivity contribution in [3.05, 3.63) is 54.2 Å². The van der Waals surface area contributed by atoms with Crippen molar-refractivity contribution in [3.63, 3.8) is 0 Å². The Morgan fingerprint density at radius 2 is 1.89 bits per heavy atom. The summed E-state index contributed by atoms with van der Waals surface area (Å²) in [6.07, 6.45) is 1.68. The van der Waals surface area contributed by atoms with Crippen LogP contribution in [0.5, 0.6) is 0 Å². The molecule has 0 aliphatic heterocycles. The van der Waals surface area contributed by atoms with Crippen LogP contribution in [-0.4, -0.2) is 17.4 Å². The highest BCUT2D eigenvalue weighted by Crippen LogP contribution is 2.17. The monoisotopic (exact) mass is 256 g/mol. The van der Waals surface area contributed by atoms with E-state index >= 15 is 0 Å². The normalized spacial score (nSPS) is 10.1. The number of hydrogen-bond acceptors (Lipinski definition) is 4. The first kappa shape index (κ1) is 12.9. The summed E-state index contributed by atoms with van der Waals surface area (Å²) < 4.78 is 0. The third-order valence-corrected chi connectivity index (χ3v) is 2.74. The van der Waals surface area contributed by atoms with Gasteiger partial charge >= 0.3 is 0 Å². The van der Waals surface area contributed by atoms with E-state index in [2.05, 4.69) is 4.98 Å². The van der Waals surface area contributed by atoms with Gasteiger partial charge in [-0.25, -0.2) is 4.98 Å². The molecule has 0 spiro atoms. The van der Waals surface area contributed by atoms with E-state index in [9.17, 15) is 4.79 Å². The molecule has 2 aromatic rings. The van der Waals surface area contributed by atoms with E-state index < -0.39 is 5.91 Å². The number of para-hydroxylation sites is 1. The SMILES string of the molecule is NC(=O)CN(Cc1ccccc1N)c1ccccn1. The molecule has 1 aromatic heterocycles. The fourth-order valence-corrected chi connectivity index (χ4v) is 1.83. The van der Waals surface area contributed by atoms with Crippen LogP contribution in [0.4, 0.5) is 11.5 Å². The molecule has 5 heteroatoms. The minimum Gasteiger partial charge on any atom is -0.398 e. The zero-order chi connectivity index (χ0) is 13.7. The number of benzene rings is 1. The maximum atomic E-state index is 11.2. The summed E-state index contributed by atoms with van der Waals surface area (Å²) in [5.41, 5.74) is 12.8. The maximum absolute atomic E-state index is 11.2. The molecule has 19 heavy (non-hydrogen) atoms. The Labute approximate surface area is 111 Å². The first-order valence-electron chi connectivity index (χ1n) is 5.94. The summed E-state index contributed by atoms with van der Waals surface area (Å²) in [6.45, 7) is 0.595. The van der Waals surface area contributed by atoms with Gasteiger partial charge in [-0.05, 0) is 23.8 Å². The molecule has 0 radical (unpaired) electrons. The summed E-state index contributed by atoms with van der Waals surface area (Å²) in [5.74, 6) is 0.296. The Hall–Kier alpha value is -2.56. The van der Waals surface area contributed by atoms with Crippen molar-refractivity contribution in [2.45, 2.75) is 6.54 Å². The highest BCUT2D eigenvalue weighted by molar-refractivity contribution is 5.79. The van der Waals surface area contributed by atoms with Crippen molar-refractivity contribution in [1.82, 2.24) is 4.98 Å². The number of anilines is 2. The molecule has 4 N–H and O–H groups in total.